The number of aldehydes is 1. The van der Waals surface area contributed by atoms with Crippen LogP contribution in [-0.2, 0) is 9.53 Å². The first kappa shape index (κ1) is 20.3. The van der Waals surface area contributed by atoms with Crippen molar-refractivity contribution in [2.75, 3.05) is 18.5 Å². The molecule has 0 saturated carbocycles. The number of anilines is 1. The average molecular weight is 413 g/mol. The molecule has 0 spiro atoms. The Morgan fingerprint density at radius 1 is 1.21 bits per heavy atom. The highest BCUT2D eigenvalue weighted by Crippen LogP contribution is 2.37. The number of esters is 1. The molecule has 2 aromatic heterocycles. The van der Waals surface area contributed by atoms with Crippen LogP contribution in [0.25, 0.3) is 11.3 Å². The highest BCUT2D eigenvalue weighted by Gasteiger charge is 2.24. The minimum Gasteiger partial charge on any atom is -0.483 e. The molecular weight excluding hydrogens is 394 g/mol. The molecule has 0 radical (unpaired) electrons. The third kappa shape index (κ3) is 4.72. The smallest absolute Gasteiger partial charge is 0.341 e. The number of hydrogen-bond acceptors (Lipinski definition) is 7. The normalized spacial score (nSPS) is 10.4. The number of furan rings is 1. The van der Waals surface area contributed by atoms with Gasteiger partial charge in [-0.3, -0.25) is 9.59 Å². The number of thiophene rings is 1. The number of rotatable bonds is 8. The van der Waals surface area contributed by atoms with Crippen molar-refractivity contribution < 1.29 is 28.3 Å². The molecule has 0 fully saturated rings. The van der Waals surface area contributed by atoms with E-state index in [1.165, 1.54) is 11.3 Å². The van der Waals surface area contributed by atoms with E-state index in [9.17, 15) is 14.4 Å². The molecule has 1 N–H and O–H groups in total. The zero-order valence-corrected chi connectivity index (χ0v) is 16.7. The summed E-state index contributed by atoms with van der Waals surface area (Å²) in [4.78, 5) is 35.9. The third-order valence-electron chi connectivity index (χ3n) is 3.93. The van der Waals surface area contributed by atoms with Gasteiger partial charge < -0.3 is 19.2 Å². The number of aryl methyl sites for hydroxylation is 1. The van der Waals surface area contributed by atoms with E-state index in [-0.39, 0.29) is 18.8 Å². The second kappa shape index (κ2) is 9.20. The Hall–Kier alpha value is -3.39. The van der Waals surface area contributed by atoms with Gasteiger partial charge in [0.15, 0.2) is 12.9 Å². The summed E-state index contributed by atoms with van der Waals surface area (Å²) in [6, 6.07) is 10.1. The van der Waals surface area contributed by atoms with Gasteiger partial charge in [-0.25, -0.2) is 4.79 Å². The molecule has 7 nitrogen and oxygen atoms in total. The highest BCUT2D eigenvalue weighted by atomic mass is 32.1. The van der Waals surface area contributed by atoms with E-state index >= 15 is 0 Å². The second-order valence-corrected chi connectivity index (χ2v) is 6.86. The van der Waals surface area contributed by atoms with Crippen LogP contribution >= 0.6 is 11.3 Å². The minimum absolute atomic E-state index is 0.199. The van der Waals surface area contributed by atoms with Gasteiger partial charge in [-0.05, 0) is 38.1 Å². The van der Waals surface area contributed by atoms with Crippen LogP contribution in [0, 0.1) is 6.92 Å². The maximum absolute atomic E-state index is 12.5. The van der Waals surface area contributed by atoms with Crippen LogP contribution in [0.4, 0.5) is 5.00 Å². The van der Waals surface area contributed by atoms with Crippen molar-refractivity contribution in [3.63, 3.8) is 0 Å². The van der Waals surface area contributed by atoms with Crippen molar-refractivity contribution in [3.8, 4) is 17.1 Å². The van der Waals surface area contributed by atoms with Crippen LogP contribution in [0.2, 0.25) is 0 Å². The zero-order chi connectivity index (χ0) is 20.8. The molecule has 1 amide bonds. The van der Waals surface area contributed by atoms with E-state index in [2.05, 4.69) is 5.32 Å². The van der Waals surface area contributed by atoms with Gasteiger partial charge in [-0.15, -0.1) is 11.3 Å². The van der Waals surface area contributed by atoms with E-state index < -0.39 is 11.9 Å². The summed E-state index contributed by atoms with van der Waals surface area (Å²) in [6.07, 6.45) is 0.656. The Kier molecular flexibility index (Phi) is 6.46. The highest BCUT2D eigenvalue weighted by molar-refractivity contribution is 7.15. The van der Waals surface area contributed by atoms with Crippen molar-refractivity contribution in [1.29, 1.82) is 0 Å². The molecule has 0 aliphatic heterocycles. The average Bonchev–Trinajstić information content (AvgIpc) is 3.32. The zero-order valence-electron chi connectivity index (χ0n) is 15.9. The van der Waals surface area contributed by atoms with E-state index in [1.807, 2.05) is 0 Å². The number of benzene rings is 1. The molecule has 1 aromatic carbocycles. The van der Waals surface area contributed by atoms with Crippen molar-refractivity contribution in [3.05, 3.63) is 58.7 Å². The first-order valence-corrected chi connectivity index (χ1v) is 9.73. The van der Waals surface area contributed by atoms with E-state index in [0.29, 0.717) is 39.7 Å². The lowest BCUT2D eigenvalue weighted by Crippen LogP contribution is -2.21. The van der Waals surface area contributed by atoms with Crippen LogP contribution in [0.3, 0.4) is 0 Å². The Morgan fingerprint density at radius 3 is 2.69 bits per heavy atom. The summed E-state index contributed by atoms with van der Waals surface area (Å²) in [5.74, 6) is 0.495. The molecule has 29 heavy (non-hydrogen) atoms. The number of amides is 1. The summed E-state index contributed by atoms with van der Waals surface area (Å²) in [6.45, 7) is 3.39. The fourth-order valence-electron chi connectivity index (χ4n) is 2.63. The predicted molar refractivity (Wildman–Crippen MR) is 109 cm³/mol. The Bertz CT molecular complexity index is 1040. The molecule has 0 aliphatic carbocycles. The van der Waals surface area contributed by atoms with Crippen molar-refractivity contribution >= 4 is 34.5 Å². The molecule has 0 saturated heterocycles. The standard InChI is InChI=1S/C21H19NO6S/c1-3-26-21(25)19-15(17-9-8-13(2)28-17)12-29-20(19)22-18(24)11-27-16-7-5-4-6-14(16)10-23/h4-10,12H,3,11H2,1-2H3,(H,22,24). The monoisotopic (exact) mass is 413 g/mol. The predicted octanol–water partition coefficient (Wildman–Crippen LogP) is 4.32. The van der Waals surface area contributed by atoms with E-state index in [0.717, 1.165) is 0 Å². The van der Waals surface area contributed by atoms with Crippen LogP contribution in [0.15, 0.2) is 46.2 Å². The number of nitrogens with one attached hydrogen (secondary N) is 1. The summed E-state index contributed by atoms with van der Waals surface area (Å²) in [7, 11) is 0. The summed E-state index contributed by atoms with van der Waals surface area (Å²) in [5, 5.41) is 4.74. The van der Waals surface area contributed by atoms with Crippen LogP contribution < -0.4 is 10.1 Å². The van der Waals surface area contributed by atoms with Crippen molar-refractivity contribution in [2.24, 2.45) is 0 Å². The Balaban J connectivity index is 1.79. The molecule has 0 bridgehead atoms. The Morgan fingerprint density at radius 2 is 2.00 bits per heavy atom. The number of ether oxygens (including phenoxy) is 2. The quantitative estimate of drug-likeness (QED) is 0.436. The molecule has 3 rings (SSSR count). The maximum atomic E-state index is 12.5. The number of para-hydroxylation sites is 1. The fourth-order valence-corrected chi connectivity index (χ4v) is 3.59. The molecule has 0 unspecified atom stereocenters. The summed E-state index contributed by atoms with van der Waals surface area (Å²) >= 11 is 1.19. The molecular formula is C21H19NO6S. The van der Waals surface area contributed by atoms with Gasteiger partial charge in [-0.2, -0.15) is 0 Å². The molecule has 8 heteroatoms. The number of hydrogen-bond donors (Lipinski definition) is 1. The third-order valence-corrected chi connectivity index (χ3v) is 4.83. The van der Waals surface area contributed by atoms with Gasteiger partial charge in [0.2, 0.25) is 0 Å². The van der Waals surface area contributed by atoms with Gasteiger partial charge in [0, 0.05) is 10.9 Å². The summed E-state index contributed by atoms with van der Waals surface area (Å²) < 4.78 is 16.2. The van der Waals surface area contributed by atoms with E-state index in [1.54, 1.807) is 55.6 Å². The lowest BCUT2D eigenvalue weighted by Gasteiger charge is -2.10. The number of carbonyl (C=O) groups excluding carboxylic acids is 3. The largest absolute Gasteiger partial charge is 0.483 e. The molecule has 2 heterocycles. The molecule has 150 valence electrons. The van der Waals surface area contributed by atoms with Gasteiger partial charge in [0.1, 0.15) is 27.8 Å². The maximum Gasteiger partial charge on any atom is 0.341 e. The number of carbonyl (C=O) groups is 3. The van der Waals surface area contributed by atoms with Crippen LogP contribution in [-0.4, -0.2) is 31.4 Å². The summed E-state index contributed by atoms with van der Waals surface area (Å²) in [5.41, 5.74) is 1.12. The Labute approximate surface area is 171 Å². The van der Waals surface area contributed by atoms with Gasteiger partial charge in [0.05, 0.1) is 12.2 Å². The lowest BCUT2D eigenvalue weighted by molar-refractivity contribution is -0.118. The van der Waals surface area contributed by atoms with Crippen LogP contribution in [0.5, 0.6) is 5.75 Å². The van der Waals surface area contributed by atoms with Crippen molar-refractivity contribution in [2.45, 2.75) is 13.8 Å². The van der Waals surface area contributed by atoms with Gasteiger partial charge in [-0.1, -0.05) is 12.1 Å². The van der Waals surface area contributed by atoms with Crippen molar-refractivity contribution in [1.82, 2.24) is 0 Å². The second-order valence-electron chi connectivity index (χ2n) is 5.98. The lowest BCUT2D eigenvalue weighted by atomic mass is 10.1. The first-order chi connectivity index (χ1) is 14.0. The molecule has 0 atom stereocenters. The fraction of sp³-hybridized carbons (Fsp3) is 0.190. The van der Waals surface area contributed by atoms with Gasteiger partial charge in [0.25, 0.3) is 5.91 Å². The first-order valence-electron chi connectivity index (χ1n) is 8.85. The minimum atomic E-state index is -0.555. The SMILES string of the molecule is CCOC(=O)c1c(-c2ccc(C)o2)csc1NC(=O)COc1ccccc1C=O. The topological polar surface area (TPSA) is 94.8 Å². The van der Waals surface area contributed by atoms with Gasteiger partial charge >= 0.3 is 5.97 Å². The van der Waals surface area contributed by atoms with E-state index in [4.69, 9.17) is 13.9 Å². The molecule has 3 aromatic rings. The molecule has 0 aliphatic rings. The van der Waals surface area contributed by atoms with Crippen LogP contribution in [0.1, 0.15) is 33.4 Å².